The van der Waals surface area contributed by atoms with Gasteiger partial charge in [-0.2, -0.15) is 0 Å². The highest BCUT2D eigenvalue weighted by Gasteiger charge is 2.49. The van der Waals surface area contributed by atoms with E-state index in [0.717, 1.165) is 26.5 Å². The number of thioether (sulfide) groups is 1. The normalized spacial score (nSPS) is 21.9. The van der Waals surface area contributed by atoms with Crippen LogP contribution in [0.15, 0.2) is 65.1 Å². The van der Waals surface area contributed by atoms with E-state index in [2.05, 4.69) is 27.8 Å². The molecule has 1 aliphatic rings. The summed E-state index contributed by atoms with van der Waals surface area (Å²) in [4.78, 5) is 20.9. The van der Waals surface area contributed by atoms with E-state index < -0.39 is 10.8 Å². The van der Waals surface area contributed by atoms with Crippen LogP contribution in [0.3, 0.4) is 0 Å². The molecule has 1 amide bonds. The van der Waals surface area contributed by atoms with E-state index >= 15 is 0 Å². The fourth-order valence-corrected chi connectivity index (χ4v) is 5.80. The Labute approximate surface area is 178 Å². The lowest BCUT2D eigenvalue weighted by Gasteiger charge is -2.44. The Hall–Kier alpha value is -2.64. The van der Waals surface area contributed by atoms with Crippen LogP contribution in [0.2, 0.25) is 0 Å². The summed E-state index contributed by atoms with van der Waals surface area (Å²) in [6, 6.07) is 14.1. The number of nitrogens with one attached hydrogen (secondary N) is 2. The quantitative estimate of drug-likeness (QED) is 0.650. The number of thiophene rings is 1. The summed E-state index contributed by atoms with van der Waals surface area (Å²) >= 11 is 3.14. The zero-order valence-electron chi connectivity index (χ0n) is 16.5. The average molecular weight is 423 g/mol. The maximum absolute atomic E-state index is 13.2. The lowest BCUT2D eigenvalue weighted by Crippen LogP contribution is -2.65. The highest BCUT2D eigenvalue weighted by Crippen LogP contribution is 2.43. The highest BCUT2D eigenvalue weighted by molar-refractivity contribution is 8.00. The number of nitrogens with zero attached hydrogens (tertiary/aromatic N) is 2. The van der Waals surface area contributed by atoms with Crippen molar-refractivity contribution in [3.05, 3.63) is 70.7 Å². The second kappa shape index (κ2) is 7.65. The summed E-state index contributed by atoms with van der Waals surface area (Å²) in [5.41, 5.74) is 2.54. The first-order chi connectivity index (χ1) is 13.9. The van der Waals surface area contributed by atoms with Gasteiger partial charge < -0.3 is 5.32 Å². The molecule has 1 unspecified atom stereocenters. The van der Waals surface area contributed by atoms with Crippen molar-refractivity contribution in [2.45, 2.75) is 29.5 Å². The van der Waals surface area contributed by atoms with Crippen LogP contribution in [0, 0.1) is 12.3 Å². The highest BCUT2D eigenvalue weighted by atomic mass is 32.2. The van der Waals surface area contributed by atoms with Gasteiger partial charge in [-0.05, 0) is 54.6 Å². The van der Waals surface area contributed by atoms with Crippen LogP contribution < -0.4 is 5.32 Å². The minimum Gasteiger partial charge on any atom is -0.344 e. The number of carbonyl (C=O) groups is 1. The predicted molar refractivity (Wildman–Crippen MR) is 119 cm³/mol. The van der Waals surface area contributed by atoms with Crippen molar-refractivity contribution in [1.82, 2.24) is 15.2 Å². The molecule has 0 saturated carbocycles. The van der Waals surface area contributed by atoms with E-state index in [1.165, 1.54) is 16.7 Å². The second-order valence-electron chi connectivity index (χ2n) is 7.33. The third-order valence-electron chi connectivity index (χ3n) is 5.11. The molecule has 7 heteroatoms. The number of pyridine rings is 1. The molecule has 0 spiro atoms. The molecule has 4 rings (SSSR count). The third-order valence-corrected chi connectivity index (χ3v) is 7.73. The topological polar surface area (TPSA) is 69.1 Å². The van der Waals surface area contributed by atoms with Crippen molar-refractivity contribution in [3.8, 4) is 11.1 Å². The lowest BCUT2D eigenvalue weighted by atomic mass is 9.91. The average Bonchev–Trinajstić information content (AvgIpc) is 3.22. The summed E-state index contributed by atoms with van der Waals surface area (Å²) in [6.45, 7) is 4.04. The smallest absolute Gasteiger partial charge is 0.245 e. The largest absolute Gasteiger partial charge is 0.344 e. The van der Waals surface area contributed by atoms with E-state index in [9.17, 15) is 4.79 Å². The zero-order chi connectivity index (χ0) is 20.6. The van der Waals surface area contributed by atoms with Gasteiger partial charge in [-0.3, -0.25) is 20.1 Å². The maximum Gasteiger partial charge on any atom is 0.245 e. The van der Waals surface area contributed by atoms with E-state index in [0.29, 0.717) is 0 Å². The minimum atomic E-state index is -0.693. The molecule has 0 aliphatic carbocycles. The number of carbonyl (C=O) groups excluding carboxylic acids is 1. The molecule has 2 atom stereocenters. The van der Waals surface area contributed by atoms with Gasteiger partial charge in [0.1, 0.15) is 5.25 Å². The van der Waals surface area contributed by atoms with E-state index in [1.807, 2.05) is 56.6 Å². The number of amides is 1. The monoisotopic (exact) mass is 422 g/mol. The number of hydrogen-bond acceptors (Lipinski definition) is 5. The van der Waals surface area contributed by atoms with E-state index in [1.54, 1.807) is 18.4 Å². The van der Waals surface area contributed by atoms with Crippen molar-refractivity contribution >= 4 is 35.0 Å². The van der Waals surface area contributed by atoms with Crippen molar-refractivity contribution < 1.29 is 4.79 Å². The maximum atomic E-state index is 13.2. The Morgan fingerprint density at radius 1 is 1.21 bits per heavy atom. The number of rotatable bonds is 4. The molecule has 5 nitrogen and oxygen atoms in total. The van der Waals surface area contributed by atoms with Crippen LogP contribution in [-0.4, -0.2) is 34.0 Å². The molecule has 3 aromatic rings. The first kappa shape index (κ1) is 19.7. The number of guanidine groups is 1. The summed E-state index contributed by atoms with van der Waals surface area (Å²) in [5, 5.41) is 13.3. The van der Waals surface area contributed by atoms with Gasteiger partial charge in [-0.25, -0.2) is 0 Å². The molecule has 0 radical (unpaired) electrons. The Morgan fingerprint density at radius 2 is 1.97 bits per heavy atom. The molecule has 1 aromatic carbocycles. The van der Waals surface area contributed by atoms with Gasteiger partial charge in [0, 0.05) is 34.8 Å². The zero-order valence-corrected chi connectivity index (χ0v) is 18.1. The summed E-state index contributed by atoms with van der Waals surface area (Å²) in [6.07, 6.45) is 3.69. The number of aromatic nitrogens is 1. The fraction of sp³-hybridized carbons (Fsp3) is 0.227. The second-order valence-corrected chi connectivity index (χ2v) is 9.42. The molecule has 1 saturated heterocycles. The van der Waals surface area contributed by atoms with Crippen molar-refractivity contribution in [2.75, 3.05) is 7.05 Å². The Morgan fingerprint density at radius 3 is 2.69 bits per heavy atom. The van der Waals surface area contributed by atoms with Crippen LogP contribution in [0.1, 0.15) is 17.4 Å². The summed E-state index contributed by atoms with van der Waals surface area (Å²) < 4.78 is 0. The number of hydrogen-bond donors (Lipinski definition) is 2. The van der Waals surface area contributed by atoms with Gasteiger partial charge in [-0.15, -0.1) is 23.1 Å². The van der Waals surface area contributed by atoms with Gasteiger partial charge in [-0.1, -0.05) is 18.2 Å². The van der Waals surface area contributed by atoms with Gasteiger partial charge >= 0.3 is 0 Å². The molecule has 1 fully saturated rings. The lowest BCUT2D eigenvalue weighted by molar-refractivity contribution is -0.128. The standard InChI is InChI=1S/C22H22N4OS2/c1-14-9-15(12-24-11-14)16-10-18(28-13-16)22(2)19(20(27)26(3)21(23)25-22)29-17-7-5-4-6-8-17/h4-13,19H,1-3H3,(H2,23,25)/t19?,22-/m1/s1. The first-order valence-electron chi connectivity index (χ1n) is 9.25. The van der Waals surface area contributed by atoms with Crippen LogP contribution in [0.25, 0.3) is 11.1 Å². The molecular weight excluding hydrogens is 400 g/mol. The Balaban J connectivity index is 1.74. The van der Waals surface area contributed by atoms with E-state index in [-0.39, 0.29) is 11.9 Å². The predicted octanol–water partition coefficient (Wildman–Crippen LogP) is 4.49. The summed E-state index contributed by atoms with van der Waals surface area (Å²) in [5.74, 6) is 0.0480. The minimum absolute atomic E-state index is 0.0720. The van der Waals surface area contributed by atoms with Gasteiger partial charge in [0.15, 0.2) is 5.96 Å². The molecule has 0 bridgehead atoms. The van der Waals surface area contributed by atoms with Gasteiger partial charge in [0.05, 0.1) is 5.54 Å². The van der Waals surface area contributed by atoms with Gasteiger partial charge in [0.2, 0.25) is 5.91 Å². The molecule has 2 aromatic heterocycles. The van der Waals surface area contributed by atoms with Crippen molar-refractivity contribution in [3.63, 3.8) is 0 Å². The van der Waals surface area contributed by atoms with Crippen molar-refractivity contribution in [1.29, 1.82) is 5.41 Å². The first-order valence-corrected chi connectivity index (χ1v) is 11.0. The molecule has 3 heterocycles. The summed E-state index contributed by atoms with van der Waals surface area (Å²) in [7, 11) is 1.65. The molecule has 2 N–H and O–H groups in total. The third kappa shape index (κ3) is 3.68. The van der Waals surface area contributed by atoms with Crippen molar-refractivity contribution in [2.24, 2.45) is 0 Å². The van der Waals surface area contributed by atoms with Crippen LogP contribution in [-0.2, 0) is 10.3 Å². The van der Waals surface area contributed by atoms with Crippen LogP contribution in [0.4, 0.5) is 0 Å². The molecule has 148 valence electrons. The van der Waals surface area contributed by atoms with Gasteiger partial charge in [0.25, 0.3) is 0 Å². The molecular formula is C22H22N4OS2. The van der Waals surface area contributed by atoms with E-state index in [4.69, 9.17) is 5.41 Å². The fourth-order valence-electron chi connectivity index (χ4n) is 3.40. The Bertz CT molecular complexity index is 1070. The van der Waals surface area contributed by atoms with Crippen LogP contribution in [0.5, 0.6) is 0 Å². The van der Waals surface area contributed by atoms with Crippen LogP contribution >= 0.6 is 23.1 Å². The number of benzene rings is 1. The Kier molecular flexibility index (Phi) is 5.19. The number of aryl methyl sites for hydroxylation is 1. The molecule has 29 heavy (non-hydrogen) atoms. The molecule has 1 aliphatic heterocycles. The SMILES string of the molecule is Cc1cncc(-c2csc([C@@]3(C)NC(=N)N(C)C(=O)C3Sc3ccccc3)c2)c1.